The molecule has 1 aromatic carbocycles. The lowest BCUT2D eigenvalue weighted by molar-refractivity contribution is -0.0498. The van der Waals surface area contributed by atoms with E-state index in [0.29, 0.717) is 6.42 Å². The first kappa shape index (κ1) is 17.4. The second-order valence-electron chi connectivity index (χ2n) is 6.02. The summed E-state index contributed by atoms with van der Waals surface area (Å²) >= 11 is 0. The second kappa shape index (κ2) is 7.36. The van der Waals surface area contributed by atoms with Crippen LogP contribution in [-0.4, -0.2) is 30.3 Å². The van der Waals surface area contributed by atoms with Gasteiger partial charge in [-0.3, -0.25) is 4.79 Å². The Labute approximate surface area is 123 Å². The highest BCUT2D eigenvalue weighted by Crippen LogP contribution is 2.21. The standard InChI is InChI=1S/C15H21F2NO3/c1-15(2,3)8-11(9-19)18-13(20)10-5-4-6-12(7-10)21-14(16)17/h4-7,11,14,19H,8-9H2,1-3H3,(H,18,20). The van der Waals surface area contributed by atoms with E-state index in [9.17, 15) is 18.7 Å². The van der Waals surface area contributed by atoms with Gasteiger partial charge in [0.05, 0.1) is 12.6 Å². The van der Waals surface area contributed by atoms with Gasteiger partial charge in [-0.15, -0.1) is 0 Å². The molecular formula is C15H21F2NO3. The highest BCUT2D eigenvalue weighted by molar-refractivity contribution is 5.94. The van der Waals surface area contributed by atoms with Crippen LogP contribution in [0.2, 0.25) is 0 Å². The first-order valence-corrected chi connectivity index (χ1v) is 6.68. The molecule has 4 nitrogen and oxygen atoms in total. The number of amides is 1. The van der Waals surface area contributed by atoms with E-state index in [2.05, 4.69) is 10.1 Å². The molecular weight excluding hydrogens is 280 g/mol. The summed E-state index contributed by atoms with van der Waals surface area (Å²) in [5, 5.41) is 12.0. The molecule has 21 heavy (non-hydrogen) atoms. The fourth-order valence-electron chi connectivity index (χ4n) is 1.98. The molecule has 0 heterocycles. The predicted octanol–water partition coefficient (Wildman–Crippen LogP) is 2.81. The van der Waals surface area contributed by atoms with E-state index in [0.717, 1.165) is 0 Å². The number of halogens is 2. The van der Waals surface area contributed by atoms with Gasteiger partial charge >= 0.3 is 6.61 Å². The first-order chi connectivity index (χ1) is 9.71. The molecule has 0 spiro atoms. The van der Waals surface area contributed by atoms with Gasteiger partial charge in [-0.05, 0) is 30.0 Å². The molecule has 0 aliphatic carbocycles. The van der Waals surface area contributed by atoms with E-state index in [1.165, 1.54) is 24.3 Å². The lowest BCUT2D eigenvalue weighted by Crippen LogP contribution is -2.40. The van der Waals surface area contributed by atoms with Crippen LogP contribution in [0.5, 0.6) is 5.75 Å². The Bertz CT molecular complexity index is 472. The Morgan fingerprint density at radius 2 is 2.05 bits per heavy atom. The van der Waals surface area contributed by atoms with Gasteiger partial charge < -0.3 is 15.2 Å². The van der Waals surface area contributed by atoms with Crippen LogP contribution in [0.4, 0.5) is 8.78 Å². The van der Waals surface area contributed by atoms with Crippen molar-refractivity contribution in [2.45, 2.75) is 39.8 Å². The number of alkyl halides is 2. The summed E-state index contributed by atoms with van der Waals surface area (Å²) in [5.41, 5.74) is 0.155. The summed E-state index contributed by atoms with van der Waals surface area (Å²) in [5.74, 6) is -0.507. The third kappa shape index (κ3) is 6.53. The summed E-state index contributed by atoms with van der Waals surface area (Å²) in [7, 11) is 0. The Morgan fingerprint density at radius 1 is 1.38 bits per heavy atom. The van der Waals surface area contributed by atoms with Gasteiger partial charge in [0.1, 0.15) is 5.75 Å². The molecule has 0 aliphatic rings. The van der Waals surface area contributed by atoms with Crippen LogP contribution in [0.1, 0.15) is 37.6 Å². The number of aliphatic hydroxyl groups is 1. The third-order valence-electron chi connectivity index (χ3n) is 2.74. The number of nitrogens with one attached hydrogen (secondary N) is 1. The normalized spacial score (nSPS) is 13.1. The minimum Gasteiger partial charge on any atom is -0.435 e. The zero-order valence-corrected chi connectivity index (χ0v) is 12.4. The fraction of sp³-hybridized carbons (Fsp3) is 0.533. The molecule has 1 unspecified atom stereocenters. The maximum atomic E-state index is 12.1. The Hall–Kier alpha value is -1.69. The van der Waals surface area contributed by atoms with E-state index in [1.54, 1.807) is 0 Å². The first-order valence-electron chi connectivity index (χ1n) is 6.68. The van der Waals surface area contributed by atoms with Crippen molar-refractivity contribution in [3.8, 4) is 5.75 Å². The number of carbonyl (C=O) groups excluding carboxylic acids is 1. The van der Waals surface area contributed by atoms with E-state index in [-0.39, 0.29) is 23.3 Å². The number of ether oxygens (including phenoxy) is 1. The van der Waals surface area contributed by atoms with Crippen molar-refractivity contribution in [1.82, 2.24) is 5.32 Å². The minimum atomic E-state index is -2.94. The predicted molar refractivity (Wildman–Crippen MR) is 75.5 cm³/mol. The summed E-state index contributed by atoms with van der Waals surface area (Å²) in [6.07, 6.45) is 0.600. The summed E-state index contributed by atoms with van der Waals surface area (Å²) < 4.78 is 28.6. The van der Waals surface area contributed by atoms with Crippen molar-refractivity contribution in [3.63, 3.8) is 0 Å². The van der Waals surface area contributed by atoms with Crippen LogP contribution in [0.15, 0.2) is 24.3 Å². The Morgan fingerprint density at radius 3 is 2.57 bits per heavy atom. The SMILES string of the molecule is CC(C)(C)CC(CO)NC(=O)c1cccc(OC(F)F)c1. The van der Waals surface area contributed by atoms with Crippen LogP contribution in [0.3, 0.4) is 0 Å². The van der Waals surface area contributed by atoms with Crippen molar-refractivity contribution in [3.05, 3.63) is 29.8 Å². The van der Waals surface area contributed by atoms with Gasteiger partial charge in [-0.1, -0.05) is 26.8 Å². The van der Waals surface area contributed by atoms with E-state index in [4.69, 9.17) is 0 Å². The average Bonchev–Trinajstić information content (AvgIpc) is 2.35. The molecule has 0 saturated heterocycles. The lowest BCUT2D eigenvalue weighted by Gasteiger charge is -2.25. The fourth-order valence-corrected chi connectivity index (χ4v) is 1.98. The van der Waals surface area contributed by atoms with E-state index < -0.39 is 18.6 Å². The van der Waals surface area contributed by atoms with Crippen LogP contribution in [0, 0.1) is 5.41 Å². The molecule has 1 rings (SSSR count). The van der Waals surface area contributed by atoms with Gasteiger partial charge in [0.2, 0.25) is 0 Å². The molecule has 0 aromatic heterocycles. The van der Waals surface area contributed by atoms with Crippen LogP contribution in [-0.2, 0) is 0 Å². The number of rotatable bonds is 6. The van der Waals surface area contributed by atoms with Gasteiger partial charge in [0.15, 0.2) is 0 Å². The number of benzene rings is 1. The van der Waals surface area contributed by atoms with Gasteiger partial charge in [-0.25, -0.2) is 0 Å². The highest BCUT2D eigenvalue weighted by Gasteiger charge is 2.20. The molecule has 118 valence electrons. The quantitative estimate of drug-likeness (QED) is 0.849. The number of hydrogen-bond donors (Lipinski definition) is 2. The number of hydrogen-bond acceptors (Lipinski definition) is 3. The van der Waals surface area contributed by atoms with Crippen LogP contribution >= 0.6 is 0 Å². The Kier molecular flexibility index (Phi) is 6.08. The molecule has 0 saturated carbocycles. The molecule has 1 aromatic rings. The van der Waals surface area contributed by atoms with E-state index >= 15 is 0 Å². The zero-order chi connectivity index (χ0) is 16.0. The maximum Gasteiger partial charge on any atom is 0.387 e. The highest BCUT2D eigenvalue weighted by atomic mass is 19.3. The van der Waals surface area contributed by atoms with Crippen LogP contribution < -0.4 is 10.1 Å². The maximum absolute atomic E-state index is 12.1. The molecule has 2 N–H and O–H groups in total. The lowest BCUT2D eigenvalue weighted by atomic mass is 9.88. The zero-order valence-electron chi connectivity index (χ0n) is 12.4. The molecule has 6 heteroatoms. The van der Waals surface area contributed by atoms with Gasteiger partial charge in [-0.2, -0.15) is 8.78 Å². The Balaban J connectivity index is 2.74. The van der Waals surface area contributed by atoms with Crippen molar-refractivity contribution in [2.75, 3.05) is 6.61 Å². The minimum absolute atomic E-state index is 0.0543. The second-order valence-corrected chi connectivity index (χ2v) is 6.02. The largest absolute Gasteiger partial charge is 0.435 e. The smallest absolute Gasteiger partial charge is 0.387 e. The van der Waals surface area contributed by atoms with E-state index in [1.807, 2.05) is 20.8 Å². The molecule has 0 aliphatic heterocycles. The van der Waals surface area contributed by atoms with Crippen molar-refractivity contribution < 1.29 is 23.4 Å². The van der Waals surface area contributed by atoms with Crippen molar-refractivity contribution >= 4 is 5.91 Å². The van der Waals surface area contributed by atoms with Gasteiger partial charge in [0.25, 0.3) is 5.91 Å². The monoisotopic (exact) mass is 301 g/mol. The molecule has 0 bridgehead atoms. The number of aliphatic hydroxyl groups excluding tert-OH is 1. The molecule has 1 atom stereocenters. The third-order valence-corrected chi connectivity index (χ3v) is 2.74. The van der Waals surface area contributed by atoms with Crippen molar-refractivity contribution in [2.24, 2.45) is 5.41 Å². The number of carbonyl (C=O) groups is 1. The average molecular weight is 301 g/mol. The summed E-state index contributed by atoms with van der Waals surface area (Å²) in [6, 6.07) is 5.16. The summed E-state index contributed by atoms with van der Waals surface area (Å²) in [4.78, 5) is 12.1. The van der Waals surface area contributed by atoms with Gasteiger partial charge in [0, 0.05) is 5.56 Å². The molecule has 1 amide bonds. The van der Waals surface area contributed by atoms with Crippen LogP contribution in [0.25, 0.3) is 0 Å². The molecule has 0 radical (unpaired) electrons. The topological polar surface area (TPSA) is 58.6 Å². The molecule has 0 fully saturated rings. The summed E-state index contributed by atoms with van der Waals surface area (Å²) in [6.45, 7) is 2.88. The van der Waals surface area contributed by atoms with Crippen molar-refractivity contribution in [1.29, 1.82) is 0 Å².